The Morgan fingerprint density at radius 3 is 1.53 bits per heavy atom. The summed E-state index contributed by atoms with van der Waals surface area (Å²) in [5.74, 6) is 1.38. The van der Waals surface area contributed by atoms with Gasteiger partial charge in [0.1, 0.15) is 30.5 Å². The van der Waals surface area contributed by atoms with Gasteiger partial charge in [-0.25, -0.2) is 13.9 Å². The van der Waals surface area contributed by atoms with Crippen LogP contribution in [0.25, 0.3) is 0 Å². The molecule has 3 aromatic carbocycles. The van der Waals surface area contributed by atoms with Crippen molar-refractivity contribution in [1.82, 2.24) is 0 Å². The molecule has 0 atom stereocenters. The predicted molar refractivity (Wildman–Crippen MR) is 190 cm³/mol. The Bertz CT molecular complexity index is 1840. The summed E-state index contributed by atoms with van der Waals surface area (Å²) in [6.45, 7) is 4.29. The summed E-state index contributed by atoms with van der Waals surface area (Å²) in [4.78, 5) is 30.0. The number of Topliss-reactive ketones (excluding diaryl/α,β-unsaturated/α-hetero) is 1. The maximum absolute atomic E-state index is 13.0. The van der Waals surface area contributed by atoms with Gasteiger partial charge in [0, 0.05) is 75.8 Å². The van der Waals surface area contributed by atoms with Gasteiger partial charge in [0.2, 0.25) is 0 Å². The maximum Gasteiger partial charge on any atom is 0.343 e. The van der Waals surface area contributed by atoms with E-state index in [4.69, 9.17) is 14.2 Å². The van der Waals surface area contributed by atoms with Gasteiger partial charge in [0.15, 0.2) is 43.7 Å². The van der Waals surface area contributed by atoms with E-state index in [0.29, 0.717) is 54.7 Å². The molecule has 49 heavy (non-hydrogen) atoms. The number of hydrogen-bond acceptors (Lipinski definition) is 7. The van der Waals surface area contributed by atoms with Crippen LogP contribution in [-0.4, -0.2) is 53.2 Å². The Balaban J connectivity index is 1.06. The molecular weight excluding hydrogens is 616 g/mol. The molecule has 9 heteroatoms. The second-order valence-electron chi connectivity index (χ2n) is 12.2. The molecule has 0 spiro atoms. The number of benzene rings is 3. The first-order valence-corrected chi connectivity index (χ1v) is 16.3. The standard InChI is InChI=1S/C40H44N4O5/c1-30-28-31(29-38(45)32-7-11-36(12-8-32)47-26-24-43-20-16-34(17-21-43)41(2)3)6-15-39(30)49-40(46)33-9-13-37(14-10-33)48-27-25-44-22-18-35(19-23-44)42(4)5/h6-23,28H,24-27,29H2,1-5H3/q+2. The van der Waals surface area contributed by atoms with E-state index < -0.39 is 5.97 Å². The zero-order chi connectivity index (χ0) is 34.8. The van der Waals surface area contributed by atoms with E-state index in [1.165, 1.54) is 0 Å². The van der Waals surface area contributed by atoms with Crippen LogP contribution >= 0.6 is 0 Å². The predicted octanol–water partition coefficient (Wildman–Crippen LogP) is 5.50. The van der Waals surface area contributed by atoms with Crippen LogP contribution in [0.3, 0.4) is 0 Å². The molecule has 252 valence electrons. The number of carbonyl (C=O) groups is 2. The number of ketones is 1. The normalized spacial score (nSPS) is 10.7. The minimum absolute atomic E-state index is 0.00429. The van der Waals surface area contributed by atoms with Crippen LogP contribution in [0.5, 0.6) is 17.2 Å². The smallest absolute Gasteiger partial charge is 0.343 e. The molecule has 2 heterocycles. The van der Waals surface area contributed by atoms with Crippen molar-refractivity contribution in [2.24, 2.45) is 0 Å². The monoisotopic (exact) mass is 660 g/mol. The molecule has 0 aliphatic carbocycles. The lowest BCUT2D eigenvalue weighted by Gasteiger charge is -2.11. The van der Waals surface area contributed by atoms with Gasteiger partial charge in [-0.15, -0.1) is 0 Å². The van der Waals surface area contributed by atoms with Crippen molar-refractivity contribution in [2.45, 2.75) is 26.4 Å². The van der Waals surface area contributed by atoms with Crippen LogP contribution in [0.15, 0.2) is 116 Å². The van der Waals surface area contributed by atoms with E-state index in [0.717, 1.165) is 22.5 Å². The van der Waals surface area contributed by atoms with Gasteiger partial charge in [-0.05, 0) is 72.6 Å². The van der Waals surface area contributed by atoms with Gasteiger partial charge in [-0.2, -0.15) is 0 Å². The van der Waals surface area contributed by atoms with Gasteiger partial charge in [-0.3, -0.25) is 4.79 Å². The summed E-state index contributed by atoms with van der Waals surface area (Å²) in [7, 11) is 8.05. The molecule has 0 amide bonds. The molecule has 0 bridgehead atoms. The molecule has 5 rings (SSSR count). The quantitative estimate of drug-likeness (QED) is 0.0635. The first kappa shape index (κ1) is 34.6. The van der Waals surface area contributed by atoms with Crippen LogP contribution < -0.4 is 33.1 Å². The van der Waals surface area contributed by atoms with E-state index in [1.807, 2.05) is 84.2 Å². The van der Waals surface area contributed by atoms with Crippen LogP contribution in [0, 0.1) is 6.92 Å². The number of esters is 1. The fraction of sp³-hybridized carbons (Fsp3) is 0.250. The minimum Gasteiger partial charge on any atom is -0.487 e. The second-order valence-corrected chi connectivity index (χ2v) is 12.2. The lowest BCUT2D eigenvalue weighted by molar-refractivity contribution is -0.697. The SMILES string of the molecule is Cc1cc(CC(=O)c2ccc(OCC[n+]3ccc(N(C)C)cc3)cc2)ccc1OC(=O)c1ccc(OCC[n+]2ccc(N(C)C)cc2)cc1. The summed E-state index contributed by atoms with van der Waals surface area (Å²) < 4.78 is 21.6. The number of nitrogens with zero attached hydrogens (tertiary/aromatic N) is 4. The van der Waals surface area contributed by atoms with Crippen molar-refractivity contribution in [3.63, 3.8) is 0 Å². The third-order valence-electron chi connectivity index (χ3n) is 8.09. The number of rotatable bonds is 15. The zero-order valence-corrected chi connectivity index (χ0v) is 28.8. The van der Waals surface area contributed by atoms with Crippen molar-refractivity contribution in [2.75, 3.05) is 51.2 Å². The fourth-order valence-corrected chi connectivity index (χ4v) is 5.14. The Hall–Kier alpha value is -5.70. The third-order valence-corrected chi connectivity index (χ3v) is 8.09. The third kappa shape index (κ3) is 9.90. The number of pyridine rings is 2. The van der Waals surface area contributed by atoms with Crippen LogP contribution in [0.2, 0.25) is 0 Å². The highest BCUT2D eigenvalue weighted by atomic mass is 16.5. The first-order chi connectivity index (χ1) is 23.6. The number of carbonyl (C=O) groups excluding carboxylic acids is 2. The molecule has 0 N–H and O–H groups in total. The summed E-state index contributed by atoms with van der Waals surface area (Å²) in [6.07, 6.45) is 8.33. The Kier molecular flexibility index (Phi) is 11.6. The van der Waals surface area contributed by atoms with Gasteiger partial charge in [-0.1, -0.05) is 12.1 Å². The molecular formula is C40H44N4O5+2. The number of anilines is 2. The summed E-state index contributed by atoms with van der Waals surface area (Å²) in [6, 6.07) is 27.8. The van der Waals surface area contributed by atoms with Gasteiger partial charge in [0.05, 0.1) is 5.56 Å². The molecule has 0 unspecified atom stereocenters. The first-order valence-electron chi connectivity index (χ1n) is 16.3. The lowest BCUT2D eigenvalue weighted by atomic mass is 10.0. The maximum atomic E-state index is 13.0. The summed E-state index contributed by atoms with van der Waals surface area (Å²) in [5, 5.41) is 0. The average Bonchev–Trinajstić information content (AvgIpc) is 3.10. The number of aromatic nitrogens is 2. The molecule has 0 aliphatic rings. The van der Waals surface area contributed by atoms with Crippen LogP contribution in [0.4, 0.5) is 11.4 Å². The van der Waals surface area contributed by atoms with Crippen molar-refractivity contribution in [1.29, 1.82) is 0 Å². The number of ether oxygens (including phenoxy) is 3. The molecule has 9 nitrogen and oxygen atoms in total. The van der Waals surface area contributed by atoms with Crippen LogP contribution in [-0.2, 0) is 19.5 Å². The molecule has 0 radical (unpaired) electrons. The number of hydrogen-bond donors (Lipinski definition) is 0. The lowest BCUT2D eigenvalue weighted by Crippen LogP contribution is -2.35. The van der Waals surface area contributed by atoms with E-state index in [-0.39, 0.29) is 12.2 Å². The van der Waals surface area contributed by atoms with E-state index in [1.54, 1.807) is 42.5 Å². The molecule has 0 saturated carbocycles. The van der Waals surface area contributed by atoms with Gasteiger partial charge >= 0.3 is 5.97 Å². The fourth-order valence-electron chi connectivity index (χ4n) is 5.14. The van der Waals surface area contributed by atoms with Crippen molar-refractivity contribution < 1.29 is 32.9 Å². The number of aryl methyl sites for hydroxylation is 1. The van der Waals surface area contributed by atoms with E-state index in [2.05, 4.69) is 43.2 Å². The van der Waals surface area contributed by atoms with Gasteiger partial charge < -0.3 is 24.0 Å². The van der Waals surface area contributed by atoms with E-state index >= 15 is 0 Å². The Labute approximate surface area is 288 Å². The molecule has 0 aliphatic heterocycles. The summed E-state index contributed by atoms with van der Waals surface area (Å²) >= 11 is 0. The largest absolute Gasteiger partial charge is 0.487 e. The Morgan fingerprint density at radius 1 is 0.612 bits per heavy atom. The topological polar surface area (TPSA) is 76.1 Å². The molecule has 2 aromatic heterocycles. The van der Waals surface area contributed by atoms with Crippen molar-refractivity contribution in [3.05, 3.63) is 138 Å². The summed E-state index contributed by atoms with van der Waals surface area (Å²) in [5.41, 5.74) is 4.92. The second kappa shape index (κ2) is 16.4. The highest BCUT2D eigenvalue weighted by Gasteiger charge is 2.14. The minimum atomic E-state index is -0.460. The van der Waals surface area contributed by atoms with Crippen molar-refractivity contribution >= 4 is 23.1 Å². The highest BCUT2D eigenvalue weighted by Crippen LogP contribution is 2.23. The molecule has 0 fully saturated rings. The van der Waals surface area contributed by atoms with Crippen molar-refractivity contribution in [3.8, 4) is 17.2 Å². The molecule has 0 saturated heterocycles. The zero-order valence-electron chi connectivity index (χ0n) is 28.8. The van der Waals surface area contributed by atoms with Gasteiger partial charge in [0.25, 0.3) is 0 Å². The molecule has 5 aromatic rings. The van der Waals surface area contributed by atoms with Crippen LogP contribution in [0.1, 0.15) is 31.8 Å². The Morgan fingerprint density at radius 2 is 1.08 bits per heavy atom. The van der Waals surface area contributed by atoms with E-state index in [9.17, 15) is 9.59 Å². The highest BCUT2D eigenvalue weighted by molar-refractivity contribution is 5.97. The average molecular weight is 661 g/mol.